The number of halogens is 1. The van der Waals surface area contributed by atoms with Crippen molar-refractivity contribution >= 4 is 23.2 Å². The Bertz CT molecular complexity index is 647. The third kappa shape index (κ3) is 1.80. The quantitative estimate of drug-likeness (QED) is 0.760. The fourth-order valence-electron chi connectivity index (χ4n) is 2.02. The van der Waals surface area contributed by atoms with Gasteiger partial charge in [-0.05, 0) is 29.8 Å². The van der Waals surface area contributed by atoms with Crippen molar-refractivity contribution in [1.82, 2.24) is 0 Å². The summed E-state index contributed by atoms with van der Waals surface area (Å²) >= 11 is 0. The molecule has 88 valence electrons. The first kappa shape index (κ1) is 10.7. The maximum Gasteiger partial charge on any atom is 0.256 e. The molecule has 1 heterocycles. The van der Waals surface area contributed by atoms with Crippen LogP contribution in [0, 0.1) is 5.82 Å². The lowest BCUT2D eigenvalue weighted by atomic mass is 10.0. The Morgan fingerprint density at radius 3 is 2.61 bits per heavy atom. The van der Waals surface area contributed by atoms with Crippen molar-refractivity contribution in [3.8, 4) is 0 Å². The lowest BCUT2D eigenvalue weighted by molar-refractivity contribution is -0.110. The van der Waals surface area contributed by atoms with Gasteiger partial charge < -0.3 is 5.32 Å². The molecule has 0 aromatic heterocycles. The minimum Gasteiger partial charge on any atom is -0.321 e. The first-order valence-electron chi connectivity index (χ1n) is 5.62. The van der Waals surface area contributed by atoms with Gasteiger partial charge in [-0.25, -0.2) is 4.39 Å². The van der Waals surface area contributed by atoms with Crippen molar-refractivity contribution in [3.05, 3.63) is 65.5 Å². The van der Waals surface area contributed by atoms with Crippen LogP contribution in [0.2, 0.25) is 0 Å². The number of fused-ring (bicyclic) bond motifs is 1. The van der Waals surface area contributed by atoms with E-state index in [1.807, 2.05) is 30.3 Å². The lowest BCUT2D eigenvalue weighted by Crippen LogP contribution is -2.03. The molecule has 1 amide bonds. The van der Waals surface area contributed by atoms with Crippen LogP contribution in [-0.2, 0) is 4.79 Å². The van der Waals surface area contributed by atoms with E-state index >= 15 is 0 Å². The summed E-state index contributed by atoms with van der Waals surface area (Å²) in [6.45, 7) is 0. The Balaban J connectivity index is 2.12. The van der Waals surface area contributed by atoms with Crippen LogP contribution >= 0.6 is 0 Å². The highest BCUT2D eigenvalue weighted by Crippen LogP contribution is 2.33. The molecule has 0 unspecified atom stereocenters. The second-order valence-corrected chi connectivity index (χ2v) is 4.11. The third-order valence-electron chi connectivity index (χ3n) is 2.88. The molecule has 2 aromatic carbocycles. The molecule has 18 heavy (non-hydrogen) atoms. The fourth-order valence-corrected chi connectivity index (χ4v) is 2.02. The van der Waals surface area contributed by atoms with E-state index in [-0.39, 0.29) is 11.7 Å². The van der Waals surface area contributed by atoms with Gasteiger partial charge in [0.25, 0.3) is 5.91 Å². The molecule has 1 N–H and O–H groups in total. The lowest BCUT2D eigenvalue weighted by Gasteiger charge is -1.98. The Kier molecular flexibility index (Phi) is 2.45. The molecule has 0 saturated heterocycles. The number of hydrogen-bond acceptors (Lipinski definition) is 1. The number of amides is 1. The van der Waals surface area contributed by atoms with E-state index in [4.69, 9.17) is 0 Å². The maximum atomic E-state index is 13.2. The number of carbonyl (C=O) groups excluding carboxylic acids is 1. The van der Waals surface area contributed by atoms with Gasteiger partial charge in [0, 0.05) is 16.8 Å². The van der Waals surface area contributed by atoms with Crippen LogP contribution in [0.3, 0.4) is 0 Å². The number of carbonyl (C=O) groups is 1. The Hall–Kier alpha value is -2.42. The van der Waals surface area contributed by atoms with Gasteiger partial charge in [-0.1, -0.05) is 30.3 Å². The molecule has 0 bridgehead atoms. The summed E-state index contributed by atoms with van der Waals surface area (Å²) in [6.07, 6.45) is 1.76. The average Bonchev–Trinajstić information content (AvgIpc) is 2.67. The van der Waals surface area contributed by atoms with Crippen LogP contribution in [0.15, 0.2) is 48.5 Å². The molecule has 2 nitrogen and oxygen atoms in total. The highest BCUT2D eigenvalue weighted by Gasteiger charge is 2.24. The minimum atomic E-state index is -0.343. The monoisotopic (exact) mass is 239 g/mol. The van der Waals surface area contributed by atoms with Crippen LogP contribution in [0.1, 0.15) is 11.1 Å². The van der Waals surface area contributed by atoms with Gasteiger partial charge >= 0.3 is 0 Å². The number of nitrogens with one attached hydrogen (secondary N) is 1. The molecular formula is C15H10FNO. The molecule has 0 spiro atoms. The second kappa shape index (κ2) is 4.11. The molecule has 0 radical (unpaired) electrons. The van der Waals surface area contributed by atoms with Crippen molar-refractivity contribution in [2.24, 2.45) is 0 Å². The molecular weight excluding hydrogens is 229 g/mol. The van der Waals surface area contributed by atoms with Crippen molar-refractivity contribution < 1.29 is 9.18 Å². The molecule has 1 aliphatic heterocycles. The average molecular weight is 239 g/mol. The summed E-state index contributed by atoms with van der Waals surface area (Å²) in [5.74, 6) is -0.538. The van der Waals surface area contributed by atoms with Crippen LogP contribution in [0.25, 0.3) is 11.6 Å². The van der Waals surface area contributed by atoms with Gasteiger partial charge in [0.15, 0.2) is 0 Å². The standard InChI is InChI=1S/C15H10FNO/c16-11-6-7-14-12(9-11)13(15(18)17-14)8-10-4-2-1-3-5-10/h1-9H,(H,17,18)/b13-8-. The van der Waals surface area contributed by atoms with Gasteiger partial charge in [0.1, 0.15) is 5.82 Å². The molecule has 3 rings (SSSR count). The van der Waals surface area contributed by atoms with E-state index in [2.05, 4.69) is 5.32 Å². The van der Waals surface area contributed by atoms with Crippen molar-refractivity contribution in [1.29, 1.82) is 0 Å². The first-order valence-corrected chi connectivity index (χ1v) is 5.62. The Morgan fingerprint density at radius 2 is 1.83 bits per heavy atom. The molecule has 0 aliphatic carbocycles. The third-order valence-corrected chi connectivity index (χ3v) is 2.88. The van der Waals surface area contributed by atoms with Crippen LogP contribution in [-0.4, -0.2) is 5.91 Å². The van der Waals surface area contributed by atoms with E-state index in [1.54, 1.807) is 12.1 Å². The molecule has 2 aromatic rings. The molecule has 0 saturated carbocycles. The number of rotatable bonds is 1. The first-order chi connectivity index (χ1) is 8.74. The summed E-state index contributed by atoms with van der Waals surface area (Å²) in [5, 5.41) is 2.72. The van der Waals surface area contributed by atoms with E-state index in [1.165, 1.54) is 12.1 Å². The summed E-state index contributed by atoms with van der Waals surface area (Å²) in [7, 11) is 0. The van der Waals surface area contributed by atoms with Gasteiger partial charge in [-0.3, -0.25) is 4.79 Å². The summed E-state index contributed by atoms with van der Waals surface area (Å²) < 4.78 is 13.2. The Morgan fingerprint density at radius 1 is 1.06 bits per heavy atom. The van der Waals surface area contributed by atoms with Crippen molar-refractivity contribution in [3.63, 3.8) is 0 Å². The predicted molar refractivity (Wildman–Crippen MR) is 69.3 cm³/mol. The largest absolute Gasteiger partial charge is 0.321 e. The highest BCUT2D eigenvalue weighted by atomic mass is 19.1. The molecule has 3 heteroatoms. The number of anilines is 1. The Labute approximate surface area is 104 Å². The maximum absolute atomic E-state index is 13.2. The van der Waals surface area contributed by atoms with Gasteiger partial charge in [-0.2, -0.15) is 0 Å². The summed E-state index contributed by atoms with van der Waals surface area (Å²) in [6, 6.07) is 13.8. The zero-order valence-electron chi connectivity index (χ0n) is 9.48. The number of hydrogen-bond donors (Lipinski definition) is 1. The van der Waals surface area contributed by atoms with E-state index < -0.39 is 0 Å². The molecule has 1 aliphatic rings. The predicted octanol–water partition coefficient (Wildman–Crippen LogP) is 3.32. The second-order valence-electron chi connectivity index (χ2n) is 4.11. The SMILES string of the molecule is O=C1Nc2ccc(F)cc2/C1=C/c1ccccc1. The zero-order valence-corrected chi connectivity index (χ0v) is 9.48. The summed E-state index contributed by atoms with van der Waals surface area (Å²) in [4.78, 5) is 11.8. The van der Waals surface area contributed by atoms with Gasteiger partial charge in [-0.15, -0.1) is 0 Å². The van der Waals surface area contributed by atoms with E-state index in [0.29, 0.717) is 16.8 Å². The van der Waals surface area contributed by atoms with E-state index in [0.717, 1.165) is 5.56 Å². The van der Waals surface area contributed by atoms with Crippen LogP contribution in [0.5, 0.6) is 0 Å². The van der Waals surface area contributed by atoms with Crippen LogP contribution < -0.4 is 5.32 Å². The number of benzene rings is 2. The minimum absolute atomic E-state index is 0.195. The topological polar surface area (TPSA) is 29.1 Å². The van der Waals surface area contributed by atoms with Crippen molar-refractivity contribution in [2.75, 3.05) is 5.32 Å². The summed E-state index contributed by atoms with van der Waals surface area (Å²) in [5.41, 5.74) is 2.68. The molecule has 0 atom stereocenters. The highest BCUT2D eigenvalue weighted by molar-refractivity contribution is 6.34. The van der Waals surface area contributed by atoms with Crippen molar-refractivity contribution in [2.45, 2.75) is 0 Å². The zero-order chi connectivity index (χ0) is 12.5. The fraction of sp³-hybridized carbons (Fsp3) is 0. The normalized spacial score (nSPS) is 15.6. The molecule has 0 fully saturated rings. The van der Waals surface area contributed by atoms with Crippen LogP contribution in [0.4, 0.5) is 10.1 Å². The van der Waals surface area contributed by atoms with Gasteiger partial charge in [0.05, 0.1) is 0 Å². The smallest absolute Gasteiger partial charge is 0.256 e. The van der Waals surface area contributed by atoms with Gasteiger partial charge in [0.2, 0.25) is 0 Å². The van der Waals surface area contributed by atoms with E-state index in [9.17, 15) is 9.18 Å².